The first-order chi connectivity index (χ1) is 6.19. The van der Waals surface area contributed by atoms with Crippen LogP contribution in [0.5, 0.6) is 0 Å². The molecule has 1 heterocycles. The van der Waals surface area contributed by atoms with Gasteiger partial charge in [0, 0.05) is 25.0 Å². The molecule has 0 fully saturated rings. The zero-order valence-corrected chi connectivity index (χ0v) is 8.83. The number of aryl methyl sites for hydroxylation is 2. The van der Waals surface area contributed by atoms with Gasteiger partial charge in [-0.3, -0.25) is 0 Å². The normalized spacial score (nSPS) is 10.2. The first-order valence-corrected chi connectivity index (χ1v) is 4.74. The molecule has 1 aromatic rings. The van der Waals surface area contributed by atoms with Gasteiger partial charge < -0.3 is 4.90 Å². The summed E-state index contributed by atoms with van der Waals surface area (Å²) >= 11 is 0. The summed E-state index contributed by atoms with van der Waals surface area (Å²) in [5, 5.41) is 0. The first-order valence-electron chi connectivity index (χ1n) is 4.74. The van der Waals surface area contributed by atoms with E-state index in [1.807, 2.05) is 20.0 Å². The second kappa shape index (κ2) is 4.21. The van der Waals surface area contributed by atoms with Crippen LogP contribution >= 0.6 is 0 Å². The summed E-state index contributed by atoms with van der Waals surface area (Å²) in [5.41, 5.74) is 2.22. The van der Waals surface area contributed by atoms with E-state index < -0.39 is 0 Å². The molecule has 0 amide bonds. The summed E-state index contributed by atoms with van der Waals surface area (Å²) in [6, 6.07) is 0. The van der Waals surface area contributed by atoms with Crippen molar-refractivity contribution in [3.8, 4) is 0 Å². The second-order valence-electron chi connectivity index (χ2n) is 3.11. The van der Waals surface area contributed by atoms with Gasteiger partial charge in [-0.1, -0.05) is 0 Å². The molecule has 0 N–H and O–H groups in total. The van der Waals surface area contributed by atoms with Crippen molar-refractivity contribution in [1.82, 2.24) is 9.97 Å². The van der Waals surface area contributed by atoms with Crippen molar-refractivity contribution in [2.75, 3.05) is 18.0 Å². The lowest BCUT2D eigenvalue weighted by Gasteiger charge is -2.18. The van der Waals surface area contributed by atoms with Crippen molar-refractivity contribution >= 4 is 5.95 Å². The predicted molar refractivity (Wildman–Crippen MR) is 55.1 cm³/mol. The van der Waals surface area contributed by atoms with E-state index in [0.717, 1.165) is 30.3 Å². The highest BCUT2D eigenvalue weighted by Crippen LogP contribution is 2.09. The molecule has 0 bridgehead atoms. The van der Waals surface area contributed by atoms with Crippen LogP contribution < -0.4 is 4.90 Å². The van der Waals surface area contributed by atoms with E-state index in [9.17, 15) is 0 Å². The molecule has 0 aliphatic rings. The van der Waals surface area contributed by atoms with Crippen molar-refractivity contribution in [3.63, 3.8) is 0 Å². The Hall–Kier alpha value is -1.12. The number of hydrogen-bond acceptors (Lipinski definition) is 3. The molecular weight excluding hydrogens is 162 g/mol. The fourth-order valence-corrected chi connectivity index (χ4v) is 1.17. The molecular formula is C10H17N3. The zero-order chi connectivity index (χ0) is 9.84. The molecule has 0 aliphatic heterocycles. The maximum absolute atomic E-state index is 4.43. The van der Waals surface area contributed by atoms with Crippen molar-refractivity contribution < 1.29 is 0 Å². The minimum absolute atomic E-state index is 0.841. The minimum atomic E-state index is 0.841. The van der Waals surface area contributed by atoms with E-state index in [-0.39, 0.29) is 0 Å². The van der Waals surface area contributed by atoms with Crippen LogP contribution in [-0.4, -0.2) is 23.1 Å². The van der Waals surface area contributed by atoms with Gasteiger partial charge in [-0.2, -0.15) is 0 Å². The van der Waals surface area contributed by atoms with E-state index in [1.165, 1.54) is 0 Å². The van der Waals surface area contributed by atoms with E-state index in [0.29, 0.717) is 0 Å². The molecule has 0 aliphatic carbocycles. The topological polar surface area (TPSA) is 29.0 Å². The predicted octanol–water partition coefficient (Wildman–Crippen LogP) is 1.94. The Morgan fingerprint density at radius 2 is 1.85 bits per heavy atom. The van der Waals surface area contributed by atoms with Crippen LogP contribution in [0.15, 0.2) is 6.20 Å². The Kier molecular flexibility index (Phi) is 3.23. The summed E-state index contributed by atoms with van der Waals surface area (Å²) in [4.78, 5) is 10.9. The standard InChI is InChI=1S/C10H17N3/c1-5-13(6-2)10-11-7-8(3)9(4)12-10/h7H,5-6H2,1-4H3. The van der Waals surface area contributed by atoms with Crippen LogP contribution in [0, 0.1) is 13.8 Å². The smallest absolute Gasteiger partial charge is 0.225 e. The molecule has 0 spiro atoms. The van der Waals surface area contributed by atoms with Crippen LogP contribution in [0.2, 0.25) is 0 Å². The fourth-order valence-electron chi connectivity index (χ4n) is 1.17. The van der Waals surface area contributed by atoms with Gasteiger partial charge in [0.05, 0.1) is 0 Å². The number of nitrogens with zero attached hydrogens (tertiary/aromatic N) is 3. The number of aromatic nitrogens is 2. The lowest BCUT2D eigenvalue weighted by molar-refractivity contribution is 0.813. The van der Waals surface area contributed by atoms with Crippen LogP contribution in [0.3, 0.4) is 0 Å². The van der Waals surface area contributed by atoms with Gasteiger partial charge in [0.1, 0.15) is 0 Å². The molecule has 0 saturated carbocycles. The minimum Gasteiger partial charge on any atom is -0.341 e. The van der Waals surface area contributed by atoms with Gasteiger partial charge in [-0.05, 0) is 33.3 Å². The SMILES string of the molecule is CCN(CC)c1ncc(C)c(C)n1. The highest BCUT2D eigenvalue weighted by molar-refractivity contribution is 5.31. The Balaban J connectivity index is 2.95. The average Bonchev–Trinajstić information content (AvgIpc) is 2.13. The lowest BCUT2D eigenvalue weighted by atomic mass is 10.3. The molecule has 3 heteroatoms. The fraction of sp³-hybridized carbons (Fsp3) is 0.600. The van der Waals surface area contributed by atoms with Crippen LogP contribution in [0.4, 0.5) is 5.95 Å². The summed E-state index contributed by atoms with van der Waals surface area (Å²) in [6.45, 7) is 10.2. The summed E-state index contributed by atoms with van der Waals surface area (Å²) in [5.74, 6) is 0.841. The molecule has 3 nitrogen and oxygen atoms in total. The van der Waals surface area contributed by atoms with Gasteiger partial charge in [-0.25, -0.2) is 9.97 Å². The van der Waals surface area contributed by atoms with Crippen LogP contribution in [0.25, 0.3) is 0 Å². The monoisotopic (exact) mass is 179 g/mol. The molecule has 0 radical (unpaired) electrons. The quantitative estimate of drug-likeness (QED) is 0.710. The highest BCUT2D eigenvalue weighted by atomic mass is 15.2. The maximum atomic E-state index is 4.43. The van der Waals surface area contributed by atoms with Gasteiger partial charge in [0.2, 0.25) is 5.95 Å². The molecule has 1 rings (SSSR count). The van der Waals surface area contributed by atoms with Gasteiger partial charge in [-0.15, -0.1) is 0 Å². The van der Waals surface area contributed by atoms with Gasteiger partial charge in [0.15, 0.2) is 0 Å². The zero-order valence-electron chi connectivity index (χ0n) is 8.83. The molecule has 0 aromatic carbocycles. The Labute approximate surface area is 79.8 Å². The third-order valence-corrected chi connectivity index (χ3v) is 2.26. The van der Waals surface area contributed by atoms with Crippen molar-refractivity contribution in [3.05, 3.63) is 17.5 Å². The van der Waals surface area contributed by atoms with Gasteiger partial charge >= 0.3 is 0 Å². The highest BCUT2D eigenvalue weighted by Gasteiger charge is 2.05. The van der Waals surface area contributed by atoms with Crippen molar-refractivity contribution in [2.45, 2.75) is 27.7 Å². The van der Waals surface area contributed by atoms with Gasteiger partial charge in [0.25, 0.3) is 0 Å². The molecule has 1 aromatic heterocycles. The molecule has 13 heavy (non-hydrogen) atoms. The Morgan fingerprint density at radius 3 is 2.31 bits per heavy atom. The average molecular weight is 179 g/mol. The van der Waals surface area contributed by atoms with E-state index in [1.54, 1.807) is 0 Å². The number of hydrogen-bond donors (Lipinski definition) is 0. The third kappa shape index (κ3) is 2.17. The van der Waals surface area contributed by atoms with Crippen LogP contribution in [-0.2, 0) is 0 Å². The first kappa shape index (κ1) is 9.96. The number of rotatable bonds is 3. The van der Waals surface area contributed by atoms with E-state index in [4.69, 9.17) is 0 Å². The van der Waals surface area contributed by atoms with Crippen molar-refractivity contribution in [2.24, 2.45) is 0 Å². The van der Waals surface area contributed by atoms with Crippen molar-refractivity contribution in [1.29, 1.82) is 0 Å². The molecule has 0 atom stereocenters. The summed E-state index contributed by atoms with van der Waals surface area (Å²) in [7, 11) is 0. The molecule has 0 unspecified atom stereocenters. The second-order valence-corrected chi connectivity index (χ2v) is 3.11. The van der Waals surface area contributed by atoms with E-state index >= 15 is 0 Å². The lowest BCUT2D eigenvalue weighted by Crippen LogP contribution is -2.24. The third-order valence-electron chi connectivity index (χ3n) is 2.26. The summed E-state index contributed by atoms with van der Waals surface area (Å²) < 4.78 is 0. The number of anilines is 1. The Morgan fingerprint density at radius 1 is 1.23 bits per heavy atom. The summed E-state index contributed by atoms with van der Waals surface area (Å²) in [6.07, 6.45) is 1.88. The Bertz CT molecular complexity index is 279. The maximum Gasteiger partial charge on any atom is 0.225 e. The van der Waals surface area contributed by atoms with E-state index in [2.05, 4.69) is 28.7 Å². The molecule has 0 saturated heterocycles. The van der Waals surface area contributed by atoms with Crippen LogP contribution in [0.1, 0.15) is 25.1 Å². The largest absolute Gasteiger partial charge is 0.341 e. The molecule has 72 valence electrons.